The van der Waals surface area contributed by atoms with Crippen LogP contribution in [0.2, 0.25) is 0 Å². The van der Waals surface area contributed by atoms with Gasteiger partial charge in [0, 0.05) is 38.9 Å². The molecule has 28 heavy (non-hydrogen) atoms. The van der Waals surface area contributed by atoms with Crippen LogP contribution in [0.25, 0.3) is 0 Å². The fourth-order valence-electron chi connectivity index (χ4n) is 2.67. The molecule has 1 aliphatic rings. The highest BCUT2D eigenvalue weighted by molar-refractivity contribution is 7.57. The summed E-state index contributed by atoms with van der Waals surface area (Å²) in [4.78, 5) is 26.1. The van der Waals surface area contributed by atoms with Crippen LogP contribution in [0.4, 0.5) is 0 Å². The first-order valence-corrected chi connectivity index (χ1v) is 10.0. The molecule has 2 N–H and O–H groups in total. The second-order valence-electron chi connectivity index (χ2n) is 6.04. The third-order valence-electron chi connectivity index (χ3n) is 4.24. The molecular weight excluding hydrogens is 395 g/mol. The van der Waals surface area contributed by atoms with Gasteiger partial charge in [-0.2, -0.15) is 0 Å². The van der Waals surface area contributed by atoms with Gasteiger partial charge < -0.3 is 28.4 Å². The van der Waals surface area contributed by atoms with Crippen LogP contribution in [0.3, 0.4) is 0 Å². The zero-order valence-corrected chi connectivity index (χ0v) is 17.0. The molecule has 1 aromatic rings. The Balaban J connectivity index is 2.35. The summed E-state index contributed by atoms with van der Waals surface area (Å²) < 4.78 is 39.3. The standard InChI is InChI=1S/C16H25N2O9P/c1-10-9-18(16(21)17-14(10)20)15-13(26-7-6-23-2)12(19)11(27-15)5-8-28(22,24-3)25-4/h5,8-9,11-13,15,19H,6-7H2,1-4H3,(H,17,20,21)/b8-5+/t11?,12-,13-,15?/m1/s1. The lowest BCUT2D eigenvalue weighted by Crippen LogP contribution is -2.40. The molecule has 0 saturated carbocycles. The number of ether oxygens (including phenoxy) is 3. The van der Waals surface area contributed by atoms with E-state index in [0.717, 1.165) is 10.4 Å². The summed E-state index contributed by atoms with van der Waals surface area (Å²) in [5.74, 6) is 1.16. The van der Waals surface area contributed by atoms with Crippen molar-refractivity contribution in [1.82, 2.24) is 9.55 Å². The topological polar surface area (TPSA) is 138 Å². The summed E-state index contributed by atoms with van der Waals surface area (Å²) >= 11 is 0. The second kappa shape index (κ2) is 9.75. The monoisotopic (exact) mass is 420 g/mol. The maximum Gasteiger partial charge on any atom is 0.353 e. The molecule has 0 spiro atoms. The van der Waals surface area contributed by atoms with Crippen LogP contribution in [0.5, 0.6) is 0 Å². The van der Waals surface area contributed by atoms with Crippen molar-refractivity contribution in [2.45, 2.75) is 31.5 Å². The molecule has 0 bridgehead atoms. The van der Waals surface area contributed by atoms with Crippen molar-refractivity contribution < 1.29 is 32.9 Å². The number of methoxy groups -OCH3 is 1. The van der Waals surface area contributed by atoms with Crippen LogP contribution in [0.1, 0.15) is 11.8 Å². The predicted molar refractivity (Wildman–Crippen MR) is 98.4 cm³/mol. The molecule has 0 radical (unpaired) electrons. The van der Waals surface area contributed by atoms with E-state index in [2.05, 4.69) is 4.98 Å². The summed E-state index contributed by atoms with van der Waals surface area (Å²) in [7, 11) is 0.477. The molecule has 11 nitrogen and oxygen atoms in total. The zero-order chi connectivity index (χ0) is 20.9. The number of hydrogen-bond acceptors (Lipinski definition) is 9. The highest BCUT2D eigenvalue weighted by Crippen LogP contribution is 2.48. The van der Waals surface area contributed by atoms with Gasteiger partial charge >= 0.3 is 13.3 Å². The second-order valence-corrected chi connectivity index (χ2v) is 8.14. The van der Waals surface area contributed by atoms with Gasteiger partial charge in [-0.15, -0.1) is 0 Å². The summed E-state index contributed by atoms with van der Waals surface area (Å²) in [6.45, 7) is 1.94. The van der Waals surface area contributed by atoms with Crippen molar-refractivity contribution in [2.24, 2.45) is 0 Å². The lowest BCUT2D eigenvalue weighted by Gasteiger charge is -2.22. The molecule has 1 aliphatic heterocycles. The van der Waals surface area contributed by atoms with Crippen molar-refractivity contribution in [3.8, 4) is 0 Å². The first-order chi connectivity index (χ1) is 13.3. The zero-order valence-electron chi connectivity index (χ0n) is 16.1. The van der Waals surface area contributed by atoms with Crippen LogP contribution in [-0.4, -0.2) is 67.5 Å². The number of hydrogen-bond donors (Lipinski definition) is 2. The third-order valence-corrected chi connectivity index (χ3v) is 5.79. The molecular formula is C16H25N2O9P. The van der Waals surface area contributed by atoms with Gasteiger partial charge in [0.2, 0.25) is 0 Å². The number of aryl methyl sites for hydroxylation is 1. The smallest absolute Gasteiger partial charge is 0.353 e. The number of aliphatic hydroxyl groups excluding tert-OH is 1. The molecule has 2 rings (SSSR count). The lowest BCUT2D eigenvalue weighted by atomic mass is 10.1. The first-order valence-electron chi connectivity index (χ1n) is 8.43. The van der Waals surface area contributed by atoms with Crippen LogP contribution < -0.4 is 11.2 Å². The maximum absolute atomic E-state index is 12.2. The van der Waals surface area contributed by atoms with E-state index in [4.69, 9.17) is 23.3 Å². The highest BCUT2D eigenvalue weighted by atomic mass is 31.2. The molecule has 0 amide bonds. The minimum absolute atomic E-state index is 0.139. The van der Waals surface area contributed by atoms with Gasteiger partial charge in [0.25, 0.3) is 5.56 Å². The summed E-state index contributed by atoms with van der Waals surface area (Å²) in [5, 5.41) is 10.6. The molecule has 1 fully saturated rings. The maximum atomic E-state index is 12.2. The normalized spacial score (nSPS) is 25.6. The Kier molecular flexibility index (Phi) is 7.90. The fourth-order valence-corrected chi connectivity index (χ4v) is 3.44. The van der Waals surface area contributed by atoms with Gasteiger partial charge in [-0.25, -0.2) is 4.79 Å². The van der Waals surface area contributed by atoms with Crippen molar-refractivity contribution in [3.63, 3.8) is 0 Å². The largest absolute Gasteiger partial charge is 0.387 e. The Hall–Kier alpha value is -1.59. The fraction of sp³-hybridized carbons (Fsp3) is 0.625. The minimum atomic E-state index is -3.47. The van der Waals surface area contributed by atoms with Gasteiger partial charge in [-0.05, 0) is 13.0 Å². The Morgan fingerprint density at radius 2 is 1.96 bits per heavy atom. The minimum Gasteiger partial charge on any atom is -0.387 e. The number of aliphatic hydroxyl groups is 1. The van der Waals surface area contributed by atoms with Gasteiger partial charge in [0.1, 0.15) is 18.3 Å². The van der Waals surface area contributed by atoms with E-state index in [0.29, 0.717) is 0 Å². The Labute approximate surface area is 161 Å². The quantitative estimate of drug-likeness (QED) is 0.422. The summed E-state index contributed by atoms with van der Waals surface area (Å²) in [6, 6.07) is 0. The average Bonchev–Trinajstić information content (AvgIpc) is 2.99. The molecule has 1 aromatic heterocycles. The molecule has 4 atom stereocenters. The van der Waals surface area contributed by atoms with Gasteiger partial charge in [-0.3, -0.25) is 18.9 Å². The summed E-state index contributed by atoms with van der Waals surface area (Å²) in [6.07, 6.45) is -1.48. The number of nitrogens with zero attached hydrogens (tertiary/aromatic N) is 1. The van der Waals surface area contributed by atoms with E-state index in [1.54, 1.807) is 0 Å². The lowest BCUT2D eigenvalue weighted by molar-refractivity contribution is -0.0783. The number of rotatable bonds is 9. The van der Waals surface area contributed by atoms with Gasteiger partial charge in [0.05, 0.1) is 13.2 Å². The van der Waals surface area contributed by atoms with Crippen LogP contribution >= 0.6 is 7.60 Å². The average molecular weight is 420 g/mol. The van der Waals surface area contributed by atoms with E-state index in [1.165, 1.54) is 40.5 Å². The Morgan fingerprint density at radius 3 is 2.57 bits per heavy atom. The molecule has 2 unspecified atom stereocenters. The molecule has 0 aromatic carbocycles. The van der Waals surface area contributed by atoms with Crippen molar-refractivity contribution in [3.05, 3.63) is 44.5 Å². The van der Waals surface area contributed by atoms with E-state index in [9.17, 15) is 19.3 Å². The third kappa shape index (κ3) is 5.06. The molecule has 12 heteroatoms. The molecule has 2 heterocycles. The van der Waals surface area contributed by atoms with Crippen LogP contribution in [0.15, 0.2) is 27.7 Å². The van der Waals surface area contributed by atoms with E-state index < -0.39 is 43.4 Å². The van der Waals surface area contributed by atoms with E-state index in [1.807, 2.05) is 0 Å². The number of aromatic amines is 1. The number of aromatic nitrogens is 2. The predicted octanol–water partition coefficient (Wildman–Crippen LogP) is 0.135. The van der Waals surface area contributed by atoms with Crippen molar-refractivity contribution in [2.75, 3.05) is 34.5 Å². The molecule has 0 aliphatic carbocycles. The van der Waals surface area contributed by atoms with Crippen LogP contribution in [-0.2, 0) is 27.8 Å². The van der Waals surface area contributed by atoms with Crippen molar-refractivity contribution >= 4 is 7.60 Å². The summed E-state index contributed by atoms with van der Waals surface area (Å²) in [5.41, 5.74) is -0.943. The molecule has 158 valence electrons. The Morgan fingerprint density at radius 1 is 1.29 bits per heavy atom. The molecule has 1 saturated heterocycles. The van der Waals surface area contributed by atoms with E-state index in [-0.39, 0.29) is 18.8 Å². The van der Waals surface area contributed by atoms with Gasteiger partial charge in [0.15, 0.2) is 6.23 Å². The first kappa shape index (κ1) is 22.7. The van der Waals surface area contributed by atoms with E-state index >= 15 is 0 Å². The number of nitrogens with one attached hydrogen (secondary N) is 1. The number of H-pyrrole nitrogens is 1. The van der Waals surface area contributed by atoms with Crippen LogP contribution in [0, 0.1) is 6.92 Å². The highest BCUT2D eigenvalue weighted by Gasteiger charge is 2.45. The Bertz CT molecular complexity index is 841. The SMILES string of the molecule is COCCO[C@H]1C(n2cc(C)c(=O)[nH]c2=O)OC(/C=C/P(=O)(OC)OC)[C@H]1O. The van der Waals surface area contributed by atoms with Gasteiger partial charge in [-0.1, -0.05) is 0 Å². The van der Waals surface area contributed by atoms with Crippen molar-refractivity contribution in [1.29, 1.82) is 0 Å².